The summed E-state index contributed by atoms with van der Waals surface area (Å²) in [5.41, 5.74) is 6.63. The second-order valence-corrected chi connectivity index (χ2v) is 5.48. The van der Waals surface area contributed by atoms with Gasteiger partial charge < -0.3 is 10.6 Å². The molecule has 1 aliphatic heterocycles. The molecule has 18 heavy (non-hydrogen) atoms. The maximum atomic E-state index is 12.4. The molecule has 0 aliphatic carbocycles. The molecule has 2 atom stereocenters. The molecule has 2 N–H and O–H groups in total. The van der Waals surface area contributed by atoms with Gasteiger partial charge in [-0.1, -0.05) is 25.4 Å². The Morgan fingerprint density at radius 2 is 2.22 bits per heavy atom. The van der Waals surface area contributed by atoms with Crippen molar-refractivity contribution in [2.24, 2.45) is 11.8 Å². The predicted molar refractivity (Wildman–Crippen MR) is 72.5 cm³/mol. The Balaban J connectivity index is 2.19. The molecule has 1 aromatic rings. The average molecular weight is 268 g/mol. The van der Waals surface area contributed by atoms with E-state index in [1.165, 1.54) is 6.20 Å². The van der Waals surface area contributed by atoms with Crippen LogP contribution < -0.4 is 5.73 Å². The Labute approximate surface area is 112 Å². The number of amides is 1. The van der Waals surface area contributed by atoms with Gasteiger partial charge in [0.1, 0.15) is 5.15 Å². The summed E-state index contributed by atoms with van der Waals surface area (Å²) >= 11 is 5.81. The van der Waals surface area contributed by atoms with Gasteiger partial charge in [-0.2, -0.15) is 0 Å². The van der Waals surface area contributed by atoms with Crippen LogP contribution in [0.25, 0.3) is 0 Å². The monoisotopic (exact) mass is 267 g/mol. The number of aromatic nitrogens is 1. The highest BCUT2D eigenvalue weighted by Crippen LogP contribution is 2.25. The molecular formula is C13H18ClN3O. The first-order chi connectivity index (χ1) is 8.49. The van der Waals surface area contributed by atoms with Crippen LogP contribution >= 0.6 is 11.6 Å². The number of nitrogen functional groups attached to an aromatic ring is 1. The third-order valence-electron chi connectivity index (χ3n) is 3.75. The van der Waals surface area contributed by atoms with E-state index in [0.717, 1.165) is 19.5 Å². The second kappa shape index (κ2) is 5.14. The first-order valence-corrected chi connectivity index (χ1v) is 6.57. The van der Waals surface area contributed by atoms with E-state index in [1.807, 2.05) is 4.90 Å². The smallest absolute Gasteiger partial charge is 0.256 e. The number of pyridine rings is 1. The molecule has 1 aromatic heterocycles. The number of rotatable bonds is 1. The molecule has 2 unspecified atom stereocenters. The number of hydrogen-bond donors (Lipinski definition) is 1. The fourth-order valence-electron chi connectivity index (χ4n) is 2.24. The van der Waals surface area contributed by atoms with Gasteiger partial charge in [-0.05, 0) is 24.3 Å². The summed E-state index contributed by atoms with van der Waals surface area (Å²) in [6.45, 7) is 5.96. The molecule has 0 radical (unpaired) electrons. The first-order valence-electron chi connectivity index (χ1n) is 6.19. The first kappa shape index (κ1) is 13.1. The van der Waals surface area contributed by atoms with E-state index >= 15 is 0 Å². The van der Waals surface area contributed by atoms with Crippen molar-refractivity contribution < 1.29 is 4.79 Å². The Morgan fingerprint density at radius 3 is 2.89 bits per heavy atom. The van der Waals surface area contributed by atoms with Crippen molar-refractivity contribution in [3.8, 4) is 0 Å². The summed E-state index contributed by atoms with van der Waals surface area (Å²) in [4.78, 5) is 18.1. The predicted octanol–water partition coefficient (Wildman–Crippen LogP) is 2.44. The molecule has 0 aromatic carbocycles. The molecular weight excluding hydrogens is 250 g/mol. The Morgan fingerprint density at radius 1 is 1.50 bits per heavy atom. The summed E-state index contributed by atoms with van der Waals surface area (Å²) in [7, 11) is 0. The lowest BCUT2D eigenvalue weighted by molar-refractivity contribution is 0.0628. The van der Waals surface area contributed by atoms with Crippen molar-refractivity contribution in [3.05, 3.63) is 23.0 Å². The van der Waals surface area contributed by atoms with Crippen LogP contribution in [0.3, 0.4) is 0 Å². The van der Waals surface area contributed by atoms with Gasteiger partial charge >= 0.3 is 0 Å². The van der Waals surface area contributed by atoms with E-state index in [0.29, 0.717) is 28.2 Å². The molecule has 0 bridgehead atoms. The zero-order chi connectivity index (χ0) is 13.3. The number of nitrogens with two attached hydrogens (primary N) is 1. The zero-order valence-corrected chi connectivity index (χ0v) is 11.4. The van der Waals surface area contributed by atoms with Crippen LogP contribution in [-0.2, 0) is 0 Å². The largest absolute Gasteiger partial charge is 0.397 e. The van der Waals surface area contributed by atoms with E-state index in [4.69, 9.17) is 17.3 Å². The molecule has 0 saturated carbocycles. The molecule has 1 saturated heterocycles. The van der Waals surface area contributed by atoms with Gasteiger partial charge in [0.2, 0.25) is 0 Å². The van der Waals surface area contributed by atoms with Crippen LogP contribution in [0.4, 0.5) is 5.69 Å². The molecule has 5 heteroatoms. The summed E-state index contributed by atoms with van der Waals surface area (Å²) in [6.07, 6.45) is 2.47. The third-order valence-corrected chi connectivity index (χ3v) is 3.96. The highest BCUT2D eigenvalue weighted by molar-refractivity contribution is 6.29. The lowest BCUT2D eigenvalue weighted by Crippen LogP contribution is -2.42. The van der Waals surface area contributed by atoms with Crippen molar-refractivity contribution in [2.45, 2.75) is 20.3 Å². The van der Waals surface area contributed by atoms with Crippen LogP contribution in [0, 0.1) is 11.8 Å². The van der Waals surface area contributed by atoms with Crippen molar-refractivity contribution in [1.29, 1.82) is 0 Å². The van der Waals surface area contributed by atoms with E-state index < -0.39 is 0 Å². The van der Waals surface area contributed by atoms with Gasteiger partial charge in [0.15, 0.2) is 0 Å². The Bertz CT molecular complexity index is 464. The van der Waals surface area contributed by atoms with E-state index in [1.54, 1.807) is 6.07 Å². The van der Waals surface area contributed by atoms with Gasteiger partial charge in [0.25, 0.3) is 5.91 Å². The fraction of sp³-hybridized carbons (Fsp3) is 0.538. The van der Waals surface area contributed by atoms with E-state index in [9.17, 15) is 4.79 Å². The molecule has 1 amide bonds. The number of halogens is 1. The SMILES string of the molecule is CC1CCN(C(=O)c2cc(Cl)ncc2N)CC1C. The standard InChI is InChI=1S/C13H18ClN3O/c1-8-3-4-17(7-9(8)2)13(18)10-5-12(14)16-6-11(10)15/h5-6,8-9H,3-4,7,15H2,1-2H3. The van der Waals surface area contributed by atoms with Crippen LogP contribution in [0.5, 0.6) is 0 Å². The number of nitrogens with zero attached hydrogens (tertiary/aromatic N) is 2. The van der Waals surface area contributed by atoms with E-state index in [2.05, 4.69) is 18.8 Å². The summed E-state index contributed by atoms with van der Waals surface area (Å²) < 4.78 is 0. The molecule has 2 heterocycles. The van der Waals surface area contributed by atoms with Gasteiger partial charge in [-0.15, -0.1) is 0 Å². The summed E-state index contributed by atoms with van der Waals surface area (Å²) in [5, 5.41) is 0.297. The number of hydrogen-bond acceptors (Lipinski definition) is 3. The minimum absolute atomic E-state index is 0.0458. The van der Waals surface area contributed by atoms with Crippen molar-refractivity contribution >= 4 is 23.2 Å². The highest BCUT2D eigenvalue weighted by atomic mass is 35.5. The fourth-order valence-corrected chi connectivity index (χ4v) is 2.40. The number of carbonyl (C=O) groups is 1. The molecule has 98 valence electrons. The Hall–Kier alpha value is -1.29. The molecule has 4 nitrogen and oxygen atoms in total. The van der Waals surface area contributed by atoms with Gasteiger partial charge in [-0.3, -0.25) is 4.79 Å². The van der Waals surface area contributed by atoms with Crippen LogP contribution in [0.1, 0.15) is 30.6 Å². The Kier molecular flexibility index (Phi) is 3.76. The molecule has 1 aliphatic rings. The maximum Gasteiger partial charge on any atom is 0.256 e. The highest BCUT2D eigenvalue weighted by Gasteiger charge is 2.27. The van der Waals surface area contributed by atoms with Crippen molar-refractivity contribution in [2.75, 3.05) is 18.8 Å². The van der Waals surface area contributed by atoms with Gasteiger partial charge in [0, 0.05) is 13.1 Å². The number of carbonyl (C=O) groups excluding carboxylic acids is 1. The summed E-state index contributed by atoms with van der Waals surface area (Å²) in [5.74, 6) is 1.13. The minimum atomic E-state index is -0.0458. The van der Waals surface area contributed by atoms with E-state index in [-0.39, 0.29) is 5.91 Å². The summed E-state index contributed by atoms with van der Waals surface area (Å²) in [6, 6.07) is 1.54. The third kappa shape index (κ3) is 2.58. The van der Waals surface area contributed by atoms with Crippen LogP contribution in [0.2, 0.25) is 5.15 Å². The van der Waals surface area contributed by atoms with Crippen molar-refractivity contribution in [3.63, 3.8) is 0 Å². The van der Waals surface area contributed by atoms with Gasteiger partial charge in [-0.25, -0.2) is 4.98 Å². The molecule has 2 rings (SSSR count). The van der Waals surface area contributed by atoms with Crippen LogP contribution in [0.15, 0.2) is 12.3 Å². The zero-order valence-electron chi connectivity index (χ0n) is 10.7. The van der Waals surface area contributed by atoms with Crippen molar-refractivity contribution in [1.82, 2.24) is 9.88 Å². The lowest BCUT2D eigenvalue weighted by atomic mass is 9.88. The average Bonchev–Trinajstić information content (AvgIpc) is 2.35. The maximum absolute atomic E-state index is 12.4. The quantitative estimate of drug-likeness (QED) is 0.795. The number of piperidine rings is 1. The van der Waals surface area contributed by atoms with Gasteiger partial charge in [0.05, 0.1) is 17.4 Å². The second-order valence-electron chi connectivity index (χ2n) is 5.09. The topological polar surface area (TPSA) is 59.2 Å². The molecule has 1 fully saturated rings. The molecule has 0 spiro atoms. The number of anilines is 1. The normalized spacial score (nSPS) is 24.1. The minimum Gasteiger partial charge on any atom is -0.397 e. The van der Waals surface area contributed by atoms with Crippen LogP contribution in [-0.4, -0.2) is 28.9 Å². The lowest BCUT2D eigenvalue weighted by Gasteiger charge is -2.35. The number of likely N-dealkylation sites (tertiary alicyclic amines) is 1.